The molecule has 2 aliphatic heterocycles. The summed E-state index contributed by atoms with van der Waals surface area (Å²) >= 11 is 4.93. The van der Waals surface area contributed by atoms with Crippen molar-refractivity contribution in [1.29, 1.82) is 0 Å². The van der Waals surface area contributed by atoms with E-state index in [0.29, 0.717) is 83.5 Å². The van der Waals surface area contributed by atoms with Gasteiger partial charge in [0, 0.05) is 66.8 Å². The van der Waals surface area contributed by atoms with Gasteiger partial charge in [-0.05, 0) is 39.7 Å². The van der Waals surface area contributed by atoms with Crippen molar-refractivity contribution in [2.24, 2.45) is 0 Å². The highest BCUT2D eigenvalue weighted by Gasteiger charge is 2.26. The largest absolute Gasteiger partial charge is 0.481 e. The highest BCUT2D eigenvalue weighted by Crippen LogP contribution is 2.35. The van der Waals surface area contributed by atoms with Crippen LogP contribution in [0.2, 0.25) is 0 Å². The summed E-state index contributed by atoms with van der Waals surface area (Å²) in [5.74, 6) is 0.0735. The summed E-state index contributed by atoms with van der Waals surface area (Å²) in [6.07, 6.45) is 0.922. The number of amides is 1. The van der Waals surface area contributed by atoms with Gasteiger partial charge in [-0.1, -0.05) is 12.1 Å². The predicted octanol–water partition coefficient (Wildman–Crippen LogP) is 2.93. The third-order valence-corrected chi connectivity index (χ3v) is 8.76. The van der Waals surface area contributed by atoms with Gasteiger partial charge in [0.2, 0.25) is 11.8 Å². The lowest BCUT2D eigenvalue weighted by molar-refractivity contribution is -0.131. The van der Waals surface area contributed by atoms with E-state index >= 15 is 0 Å². The van der Waals surface area contributed by atoms with Gasteiger partial charge in [-0.2, -0.15) is 0 Å². The number of carbonyl (C=O) groups excluding carboxylic acids is 1. The number of aromatic nitrogens is 2. The molecule has 2 atom stereocenters. The van der Waals surface area contributed by atoms with E-state index in [1.165, 1.54) is 24.9 Å². The average molecular weight is 645 g/mol. The van der Waals surface area contributed by atoms with Crippen molar-refractivity contribution in [3.8, 4) is 5.88 Å². The van der Waals surface area contributed by atoms with Gasteiger partial charge in [-0.25, -0.2) is 14.8 Å². The van der Waals surface area contributed by atoms with Crippen LogP contribution < -0.4 is 10.1 Å². The standard InChI is InChI=1S/C28H30BrN5O6S/c1-40-24-6-5-17-16(3-7-25(38)39)2-4-18(26(17)31-24)20(35)13-33-8-10-34(11-9-33)14-21(36)27-19(29)12-22-28(32-27)30-23(37)15-41-22/h2-7,12,20-21,35-36H,8-11,13-15H2,1H3,(H,38,39)(H,30,32,37)/b7-3+. The minimum Gasteiger partial charge on any atom is -0.481 e. The number of β-amino-alcohol motifs (C(OH)–C–C–N with tert-alkyl or cyclic N) is 2. The van der Waals surface area contributed by atoms with Gasteiger partial charge >= 0.3 is 5.97 Å². The molecule has 41 heavy (non-hydrogen) atoms. The third-order valence-electron chi connectivity index (χ3n) is 7.10. The molecule has 2 aromatic heterocycles. The Hall–Kier alpha value is -3.07. The molecule has 1 aromatic carbocycles. The number of carboxylic acid groups (broad SMARTS) is 1. The van der Waals surface area contributed by atoms with Crippen LogP contribution in [-0.2, 0) is 9.59 Å². The fourth-order valence-corrected chi connectivity index (χ4v) is 6.52. The molecule has 0 saturated carbocycles. The first-order valence-electron chi connectivity index (χ1n) is 13.0. The Kier molecular flexibility index (Phi) is 9.22. The van der Waals surface area contributed by atoms with Crippen molar-refractivity contribution in [2.45, 2.75) is 17.1 Å². The van der Waals surface area contributed by atoms with Crippen LogP contribution in [0.1, 0.15) is 29.0 Å². The summed E-state index contributed by atoms with van der Waals surface area (Å²) in [6, 6.07) is 8.96. The van der Waals surface area contributed by atoms with Crippen LogP contribution in [0, 0.1) is 0 Å². The highest BCUT2D eigenvalue weighted by molar-refractivity contribution is 9.10. The Morgan fingerprint density at radius 1 is 1.12 bits per heavy atom. The number of piperazine rings is 1. The van der Waals surface area contributed by atoms with Crippen molar-refractivity contribution in [3.05, 3.63) is 57.7 Å². The lowest BCUT2D eigenvalue weighted by atomic mass is 9.99. The molecular formula is C28H30BrN5O6S. The third kappa shape index (κ3) is 6.88. The fraction of sp³-hybridized carbons (Fsp3) is 0.357. The predicted molar refractivity (Wildman–Crippen MR) is 159 cm³/mol. The smallest absolute Gasteiger partial charge is 0.328 e. The number of rotatable bonds is 9. The molecule has 0 aliphatic carbocycles. The molecule has 1 saturated heterocycles. The van der Waals surface area contributed by atoms with Crippen molar-refractivity contribution >= 4 is 62.4 Å². The maximum absolute atomic E-state index is 11.8. The zero-order chi connectivity index (χ0) is 29.1. The van der Waals surface area contributed by atoms with Gasteiger partial charge in [-0.3, -0.25) is 14.6 Å². The molecule has 1 fully saturated rings. The number of methoxy groups -OCH3 is 1. The molecule has 4 heterocycles. The summed E-state index contributed by atoms with van der Waals surface area (Å²) in [7, 11) is 1.52. The molecule has 2 aliphatic rings. The number of hydrogen-bond acceptors (Lipinski definition) is 10. The number of carboxylic acids is 1. The van der Waals surface area contributed by atoms with Crippen LogP contribution in [0.5, 0.6) is 5.88 Å². The van der Waals surface area contributed by atoms with Crippen LogP contribution in [-0.4, -0.2) is 99.1 Å². The first kappa shape index (κ1) is 29.4. The minimum atomic E-state index is -1.05. The number of nitrogens with one attached hydrogen (secondary N) is 1. The second kappa shape index (κ2) is 12.8. The number of aliphatic carboxylic acids is 1. The van der Waals surface area contributed by atoms with Gasteiger partial charge in [0.1, 0.15) is 11.9 Å². The lowest BCUT2D eigenvalue weighted by Crippen LogP contribution is -2.48. The molecule has 1 amide bonds. The topological polar surface area (TPSA) is 148 Å². The lowest BCUT2D eigenvalue weighted by Gasteiger charge is -2.36. The number of carbonyl (C=O) groups is 2. The number of halogens is 1. The van der Waals surface area contributed by atoms with E-state index < -0.39 is 18.2 Å². The SMILES string of the molecule is COc1ccc2c(/C=C/C(=O)O)ccc(C(O)CN3CCN(CC(O)c4nc5c(cc4Br)SCC(=O)N5)CC3)c2n1. The number of nitrogens with zero attached hydrogens (tertiary/aromatic N) is 4. The number of anilines is 1. The van der Waals surface area contributed by atoms with E-state index in [1.54, 1.807) is 18.2 Å². The molecule has 13 heteroatoms. The number of hydrogen-bond donors (Lipinski definition) is 4. The van der Waals surface area contributed by atoms with E-state index in [0.717, 1.165) is 16.4 Å². The van der Waals surface area contributed by atoms with Crippen LogP contribution in [0.25, 0.3) is 17.0 Å². The van der Waals surface area contributed by atoms with Crippen molar-refractivity contribution in [2.75, 3.05) is 57.4 Å². The summed E-state index contributed by atoms with van der Waals surface area (Å²) in [5, 5.41) is 34.7. The van der Waals surface area contributed by atoms with Crippen molar-refractivity contribution in [1.82, 2.24) is 19.8 Å². The molecule has 0 spiro atoms. The normalized spacial score (nSPS) is 17.8. The molecule has 4 N–H and O–H groups in total. The number of aliphatic hydroxyl groups is 2. The second-order valence-electron chi connectivity index (χ2n) is 9.84. The Bertz CT molecular complexity index is 1500. The highest BCUT2D eigenvalue weighted by atomic mass is 79.9. The number of aliphatic hydroxyl groups excluding tert-OH is 2. The monoisotopic (exact) mass is 643 g/mol. The number of pyridine rings is 2. The number of thioether (sulfide) groups is 1. The van der Waals surface area contributed by atoms with E-state index in [9.17, 15) is 19.8 Å². The molecule has 2 unspecified atom stereocenters. The summed E-state index contributed by atoms with van der Waals surface area (Å²) < 4.78 is 6.00. The zero-order valence-electron chi connectivity index (χ0n) is 22.3. The molecule has 0 radical (unpaired) electrons. The first-order chi connectivity index (χ1) is 19.7. The number of benzene rings is 1. The van der Waals surface area contributed by atoms with Crippen LogP contribution in [0.3, 0.4) is 0 Å². The Balaban J connectivity index is 1.22. The van der Waals surface area contributed by atoms with Gasteiger partial charge in [-0.15, -0.1) is 11.8 Å². The molecular weight excluding hydrogens is 614 g/mol. The Morgan fingerprint density at radius 3 is 2.51 bits per heavy atom. The maximum Gasteiger partial charge on any atom is 0.328 e. The van der Waals surface area contributed by atoms with Gasteiger partial charge < -0.3 is 25.4 Å². The van der Waals surface area contributed by atoms with Gasteiger partial charge in [0.05, 0.1) is 35.1 Å². The number of fused-ring (bicyclic) bond motifs is 2. The van der Waals surface area contributed by atoms with Gasteiger partial charge in [0.25, 0.3) is 0 Å². The minimum absolute atomic E-state index is 0.107. The average Bonchev–Trinajstić information content (AvgIpc) is 2.96. The summed E-state index contributed by atoms with van der Waals surface area (Å²) in [4.78, 5) is 37.0. The molecule has 0 bridgehead atoms. The second-order valence-corrected chi connectivity index (χ2v) is 11.7. The van der Waals surface area contributed by atoms with Crippen LogP contribution in [0.4, 0.5) is 5.82 Å². The summed E-state index contributed by atoms with van der Waals surface area (Å²) in [6.45, 7) is 3.58. The molecule has 11 nitrogen and oxygen atoms in total. The molecule has 5 rings (SSSR count). The van der Waals surface area contributed by atoms with Crippen molar-refractivity contribution < 1.29 is 29.6 Å². The quantitative estimate of drug-likeness (QED) is 0.255. The van der Waals surface area contributed by atoms with Crippen LogP contribution in [0.15, 0.2) is 45.8 Å². The van der Waals surface area contributed by atoms with Crippen molar-refractivity contribution in [3.63, 3.8) is 0 Å². The van der Waals surface area contributed by atoms with E-state index in [4.69, 9.17) is 9.84 Å². The van der Waals surface area contributed by atoms with E-state index in [1.807, 2.05) is 12.1 Å². The summed E-state index contributed by atoms with van der Waals surface area (Å²) in [5.41, 5.74) is 2.37. The Labute approximate surface area is 249 Å². The first-order valence-corrected chi connectivity index (χ1v) is 14.8. The van der Waals surface area contributed by atoms with Gasteiger partial charge in [0.15, 0.2) is 0 Å². The zero-order valence-corrected chi connectivity index (χ0v) is 24.7. The van der Waals surface area contributed by atoms with E-state index in [2.05, 4.69) is 41.0 Å². The maximum atomic E-state index is 11.8. The molecule has 216 valence electrons. The fourth-order valence-electron chi connectivity index (χ4n) is 4.99. The number of ether oxygens (including phenoxy) is 1. The van der Waals surface area contributed by atoms with Crippen LogP contribution >= 0.6 is 27.7 Å². The Morgan fingerprint density at radius 2 is 1.83 bits per heavy atom. The van der Waals surface area contributed by atoms with E-state index in [-0.39, 0.29) is 5.91 Å². The molecule has 3 aromatic rings.